The Bertz CT molecular complexity index is 592. The van der Waals surface area contributed by atoms with E-state index in [0.29, 0.717) is 5.92 Å². The monoisotopic (exact) mass is 279 g/mol. The van der Waals surface area contributed by atoms with Gasteiger partial charge in [-0.25, -0.2) is 4.99 Å². The summed E-state index contributed by atoms with van der Waals surface area (Å²) in [6.45, 7) is 6.36. The normalized spacial score (nSPS) is 20.2. The van der Waals surface area contributed by atoms with Crippen LogP contribution in [0.5, 0.6) is 0 Å². The Labute approximate surface area is 126 Å². The third-order valence-corrected chi connectivity index (χ3v) is 4.08. The van der Waals surface area contributed by atoms with Gasteiger partial charge in [-0.2, -0.15) is 0 Å². The van der Waals surface area contributed by atoms with Gasteiger partial charge in [0.05, 0.1) is 0 Å². The lowest BCUT2D eigenvalue weighted by Crippen LogP contribution is -2.41. The molecule has 1 aliphatic rings. The predicted molar refractivity (Wildman–Crippen MR) is 86.5 cm³/mol. The first-order valence-corrected chi connectivity index (χ1v) is 7.49. The van der Waals surface area contributed by atoms with Crippen LogP contribution in [0.25, 0.3) is 0 Å². The summed E-state index contributed by atoms with van der Waals surface area (Å²) in [7, 11) is 0. The molecule has 0 bridgehead atoms. The molecule has 2 nitrogen and oxygen atoms in total. The van der Waals surface area contributed by atoms with Crippen molar-refractivity contribution in [2.24, 2.45) is 10.9 Å². The molecule has 2 heteroatoms. The molecule has 1 unspecified atom stereocenters. The van der Waals surface area contributed by atoms with Crippen LogP contribution in [0.15, 0.2) is 65.7 Å². The average Bonchev–Trinajstić information content (AvgIpc) is 2.88. The molecule has 0 amide bonds. The molecule has 0 aliphatic carbocycles. The van der Waals surface area contributed by atoms with E-state index >= 15 is 0 Å². The molecule has 2 aromatic rings. The summed E-state index contributed by atoms with van der Waals surface area (Å²) >= 11 is 0. The van der Waals surface area contributed by atoms with Crippen molar-refractivity contribution in [1.82, 2.24) is 0 Å². The molecule has 108 valence electrons. The number of rotatable bonds is 3. The molecule has 0 radical (unpaired) electrons. The Kier molecular flexibility index (Phi) is 3.54. The highest BCUT2D eigenvalue weighted by atomic mass is 16.5. The van der Waals surface area contributed by atoms with Crippen molar-refractivity contribution >= 4 is 5.90 Å². The third kappa shape index (κ3) is 2.25. The Morgan fingerprint density at radius 3 is 1.81 bits per heavy atom. The maximum Gasteiger partial charge on any atom is 0.183 e. The van der Waals surface area contributed by atoms with Crippen molar-refractivity contribution < 1.29 is 4.74 Å². The lowest BCUT2D eigenvalue weighted by molar-refractivity contribution is 0.0802. The van der Waals surface area contributed by atoms with Crippen molar-refractivity contribution in [3.05, 3.63) is 71.8 Å². The number of nitrogens with zero attached hydrogens (tertiary/aromatic N) is 1. The van der Waals surface area contributed by atoms with Gasteiger partial charge in [-0.1, -0.05) is 74.5 Å². The van der Waals surface area contributed by atoms with E-state index in [1.54, 1.807) is 0 Å². The Hall–Kier alpha value is -2.09. The van der Waals surface area contributed by atoms with Crippen LogP contribution in [-0.4, -0.2) is 11.9 Å². The molecule has 21 heavy (non-hydrogen) atoms. The summed E-state index contributed by atoms with van der Waals surface area (Å²) in [6, 6.07) is 21.0. The lowest BCUT2D eigenvalue weighted by atomic mass is 9.76. The zero-order valence-corrected chi connectivity index (χ0v) is 12.8. The van der Waals surface area contributed by atoms with E-state index in [2.05, 4.69) is 62.4 Å². The molecule has 0 saturated heterocycles. The van der Waals surface area contributed by atoms with Crippen LogP contribution >= 0.6 is 0 Å². The molecule has 0 aromatic heterocycles. The number of ether oxygens (including phenoxy) is 1. The zero-order valence-electron chi connectivity index (χ0n) is 12.8. The van der Waals surface area contributed by atoms with Gasteiger partial charge in [0.15, 0.2) is 11.5 Å². The van der Waals surface area contributed by atoms with Gasteiger partial charge >= 0.3 is 0 Å². The zero-order chi connectivity index (χ0) is 14.9. The number of hydrogen-bond acceptors (Lipinski definition) is 2. The van der Waals surface area contributed by atoms with E-state index in [9.17, 15) is 0 Å². The number of aliphatic imine (C=N–C) groups is 1. The Balaban J connectivity index is 2.22. The fourth-order valence-corrected chi connectivity index (χ4v) is 3.22. The largest absolute Gasteiger partial charge is 0.463 e. The van der Waals surface area contributed by atoms with Crippen LogP contribution in [0.1, 0.15) is 31.9 Å². The second-order valence-corrected chi connectivity index (χ2v) is 5.91. The van der Waals surface area contributed by atoms with Crippen LogP contribution in [0, 0.1) is 5.92 Å². The topological polar surface area (TPSA) is 21.6 Å². The summed E-state index contributed by atoms with van der Waals surface area (Å²) < 4.78 is 6.34. The van der Waals surface area contributed by atoms with E-state index in [1.807, 2.05) is 19.1 Å². The molecule has 1 aliphatic heterocycles. The summed E-state index contributed by atoms with van der Waals surface area (Å²) in [5.74, 6) is 1.16. The van der Waals surface area contributed by atoms with Gasteiger partial charge in [0.2, 0.25) is 0 Å². The standard InChI is InChI=1S/C19H21NO/c1-14(2)18-19(21-15(3)20-18,16-10-6-4-7-11-16)17-12-8-5-9-13-17/h4-14,18H,1-3H3. The van der Waals surface area contributed by atoms with Crippen molar-refractivity contribution in [3.8, 4) is 0 Å². The van der Waals surface area contributed by atoms with Crippen LogP contribution in [-0.2, 0) is 10.3 Å². The van der Waals surface area contributed by atoms with Gasteiger partial charge in [0.1, 0.15) is 6.04 Å². The van der Waals surface area contributed by atoms with Crippen LogP contribution in [0.4, 0.5) is 0 Å². The first-order valence-electron chi connectivity index (χ1n) is 7.49. The minimum absolute atomic E-state index is 0.0855. The van der Waals surface area contributed by atoms with Crippen molar-refractivity contribution in [3.63, 3.8) is 0 Å². The van der Waals surface area contributed by atoms with Gasteiger partial charge in [-0.3, -0.25) is 0 Å². The molecule has 3 rings (SSSR count). The second-order valence-electron chi connectivity index (χ2n) is 5.91. The number of benzene rings is 2. The van der Waals surface area contributed by atoms with Crippen LogP contribution in [0.3, 0.4) is 0 Å². The van der Waals surface area contributed by atoms with Gasteiger partial charge in [0.25, 0.3) is 0 Å². The van der Waals surface area contributed by atoms with E-state index in [0.717, 1.165) is 17.0 Å². The Morgan fingerprint density at radius 2 is 1.38 bits per heavy atom. The highest BCUT2D eigenvalue weighted by molar-refractivity contribution is 5.77. The van der Waals surface area contributed by atoms with E-state index in [-0.39, 0.29) is 6.04 Å². The Morgan fingerprint density at radius 1 is 0.905 bits per heavy atom. The maximum atomic E-state index is 6.34. The van der Waals surface area contributed by atoms with Crippen LogP contribution < -0.4 is 0 Å². The number of hydrogen-bond donors (Lipinski definition) is 0. The summed E-state index contributed by atoms with van der Waals surface area (Å²) in [4.78, 5) is 4.79. The second kappa shape index (κ2) is 5.36. The van der Waals surface area contributed by atoms with Crippen LogP contribution in [0.2, 0.25) is 0 Å². The maximum absolute atomic E-state index is 6.34. The first-order chi connectivity index (χ1) is 10.1. The van der Waals surface area contributed by atoms with Crippen molar-refractivity contribution in [2.45, 2.75) is 32.4 Å². The molecule has 1 atom stereocenters. The summed E-state index contributed by atoms with van der Waals surface area (Å²) in [6.07, 6.45) is 0. The molecule has 0 saturated carbocycles. The molecule has 1 heterocycles. The summed E-state index contributed by atoms with van der Waals surface area (Å²) in [5, 5.41) is 0. The first kappa shape index (κ1) is 13.9. The average molecular weight is 279 g/mol. The minimum atomic E-state index is -0.513. The quantitative estimate of drug-likeness (QED) is 0.816. The van der Waals surface area contributed by atoms with Gasteiger partial charge < -0.3 is 4.74 Å². The predicted octanol–water partition coefficient (Wildman–Crippen LogP) is 4.40. The van der Waals surface area contributed by atoms with Gasteiger partial charge in [0, 0.05) is 18.1 Å². The highest BCUT2D eigenvalue weighted by Crippen LogP contribution is 2.44. The summed E-state index contributed by atoms with van der Waals surface area (Å²) in [5.41, 5.74) is 1.81. The lowest BCUT2D eigenvalue weighted by Gasteiger charge is -2.36. The fourth-order valence-electron chi connectivity index (χ4n) is 3.22. The third-order valence-electron chi connectivity index (χ3n) is 4.08. The molecular formula is C19H21NO. The molecule has 0 N–H and O–H groups in total. The van der Waals surface area contributed by atoms with E-state index in [4.69, 9.17) is 9.73 Å². The minimum Gasteiger partial charge on any atom is -0.463 e. The van der Waals surface area contributed by atoms with Crippen molar-refractivity contribution in [1.29, 1.82) is 0 Å². The van der Waals surface area contributed by atoms with Gasteiger partial charge in [-0.05, 0) is 5.92 Å². The SMILES string of the molecule is CC1=NC(C(C)C)C(c2ccccc2)(c2ccccc2)O1. The molecular weight excluding hydrogens is 258 g/mol. The smallest absolute Gasteiger partial charge is 0.183 e. The molecule has 0 spiro atoms. The van der Waals surface area contributed by atoms with E-state index in [1.165, 1.54) is 0 Å². The fraction of sp³-hybridized carbons (Fsp3) is 0.316. The molecule has 0 fully saturated rings. The van der Waals surface area contributed by atoms with Crippen molar-refractivity contribution in [2.75, 3.05) is 0 Å². The molecule has 2 aromatic carbocycles. The highest BCUT2D eigenvalue weighted by Gasteiger charge is 2.49. The van der Waals surface area contributed by atoms with E-state index < -0.39 is 5.60 Å². The van der Waals surface area contributed by atoms with Gasteiger partial charge in [-0.15, -0.1) is 0 Å².